The first-order valence-corrected chi connectivity index (χ1v) is 10.1. The number of hydrogen-bond donors (Lipinski definition) is 1. The monoisotopic (exact) mass is 368 g/mol. The van der Waals surface area contributed by atoms with E-state index in [0.717, 1.165) is 54.1 Å². The molecule has 1 atom stereocenters. The van der Waals surface area contributed by atoms with E-state index in [0.29, 0.717) is 11.0 Å². The third kappa shape index (κ3) is 3.81. The second-order valence-electron chi connectivity index (χ2n) is 6.00. The van der Waals surface area contributed by atoms with Crippen molar-refractivity contribution >= 4 is 32.2 Å². The molecule has 24 heavy (non-hydrogen) atoms. The van der Waals surface area contributed by atoms with Crippen molar-refractivity contribution in [2.24, 2.45) is 5.92 Å². The summed E-state index contributed by atoms with van der Waals surface area (Å²) in [4.78, 5) is 17.5. The van der Waals surface area contributed by atoms with Crippen molar-refractivity contribution in [1.82, 2.24) is 4.98 Å². The molecule has 0 saturated heterocycles. The Labute approximate surface area is 143 Å². The molecule has 3 rings (SSSR count). The number of aromatic nitrogens is 1. The maximum atomic E-state index is 12.9. The topological polar surface area (TPSA) is 76.1 Å². The van der Waals surface area contributed by atoms with E-state index in [-0.39, 0.29) is 4.90 Å². The minimum absolute atomic E-state index is 0.0775. The first-order chi connectivity index (χ1) is 11.3. The Morgan fingerprint density at radius 3 is 2.79 bits per heavy atom. The summed E-state index contributed by atoms with van der Waals surface area (Å²) in [5.74, 6) is -1.26. The summed E-state index contributed by atoms with van der Waals surface area (Å²) in [6.45, 7) is 2.18. The third-order valence-corrected chi connectivity index (χ3v) is 6.59. The molecule has 0 saturated carbocycles. The van der Waals surface area contributed by atoms with E-state index in [4.69, 9.17) is 0 Å². The van der Waals surface area contributed by atoms with Crippen LogP contribution in [0, 0.1) is 11.7 Å². The van der Waals surface area contributed by atoms with Crippen LogP contribution in [0.15, 0.2) is 29.2 Å². The van der Waals surface area contributed by atoms with Crippen LogP contribution in [0.5, 0.6) is 0 Å². The fourth-order valence-electron chi connectivity index (χ4n) is 2.65. The number of nitrogens with zero attached hydrogens (tertiary/aromatic N) is 1. The lowest BCUT2D eigenvalue weighted by molar-refractivity contribution is -0.113. The van der Waals surface area contributed by atoms with Gasteiger partial charge in [-0.05, 0) is 49.4 Å². The molecular weight excluding hydrogens is 351 g/mol. The summed E-state index contributed by atoms with van der Waals surface area (Å²) in [5.41, 5.74) is 0.995. The quantitative estimate of drug-likeness (QED) is 0.842. The first kappa shape index (κ1) is 17.0. The number of carbonyl (C=O) groups excluding carboxylic acids is 1. The van der Waals surface area contributed by atoms with Crippen LogP contribution in [-0.2, 0) is 27.5 Å². The van der Waals surface area contributed by atoms with Gasteiger partial charge in [-0.25, -0.2) is 17.8 Å². The average Bonchev–Trinajstić information content (AvgIpc) is 2.88. The van der Waals surface area contributed by atoms with Crippen molar-refractivity contribution in [1.29, 1.82) is 0 Å². The predicted octanol–water partition coefficient (Wildman–Crippen LogP) is 2.82. The molecule has 2 aromatic rings. The number of nitrogens with one attached hydrogen (secondary N) is 1. The van der Waals surface area contributed by atoms with E-state index in [1.165, 1.54) is 11.3 Å². The van der Waals surface area contributed by atoms with Crippen LogP contribution in [0.2, 0.25) is 0 Å². The number of carbonyl (C=O) groups is 1. The first-order valence-electron chi connectivity index (χ1n) is 7.60. The van der Waals surface area contributed by atoms with Crippen molar-refractivity contribution in [2.75, 3.05) is 11.1 Å². The molecule has 1 aromatic carbocycles. The van der Waals surface area contributed by atoms with E-state index < -0.39 is 27.3 Å². The van der Waals surface area contributed by atoms with Gasteiger partial charge in [0.1, 0.15) is 11.6 Å². The van der Waals surface area contributed by atoms with E-state index in [1.54, 1.807) is 0 Å². The van der Waals surface area contributed by atoms with E-state index in [1.807, 2.05) is 0 Å². The Balaban J connectivity index is 1.68. The van der Waals surface area contributed by atoms with E-state index in [9.17, 15) is 17.6 Å². The van der Waals surface area contributed by atoms with Gasteiger partial charge >= 0.3 is 0 Å². The van der Waals surface area contributed by atoms with Gasteiger partial charge in [-0.1, -0.05) is 6.92 Å². The zero-order valence-electron chi connectivity index (χ0n) is 13.1. The molecule has 8 heteroatoms. The number of thiazole rings is 1. The molecule has 5 nitrogen and oxygen atoms in total. The molecule has 1 N–H and O–H groups in total. The predicted molar refractivity (Wildman–Crippen MR) is 90.4 cm³/mol. The van der Waals surface area contributed by atoms with Gasteiger partial charge in [0.05, 0.1) is 10.6 Å². The molecule has 1 heterocycles. The molecular formula is C16H17FN2O3S2. The summed E-state index contributed by atoms with van der Waals surface area (Å²) < 4.78 is 37.2. The summed E-state index contributed by atoms with van der Waals surface area (Å²) >= 11 is 1.40. The number of hydrogen-bond acceptors (Lipinski definition) is 5. The standard InChI is InChI=1S/C16H17FN2O3S2/c1-10-2-7-13-14(8-10)23-16(18-13)19-15(20)9-24(21,22)12-5-3-11(17)4-6-12/h3-6,10H,2,7-9H2,1H3,(H,18,19,20)/t10-/m1/s1. The molecule has 0 radical (unpaired) electrons. The van der Waals surface area contributed by atoms with E-state index in [2.05, 4.69) is 17.2 Å². The number of benzene rings is 1. The highest BCUT2D eigenvalue weighted by Gasteiger charge is 2.23. The van der Waals surface area contributed by atoms with Gasteiger partial charge in [-0.3, -0.25) is 4.79 Å². The lowest BCUT2D eigenvalue weighted by Gasteiger charge is -2.15. The number of anilines is 1. The lowest BCUT2D eigenvalue weighted by atomic mass is 9.93. The second-order valence-corrected chi connectivity index (χ2v) is 9.07. The minimum atomic E-state index is -3.81. The highest BCUT2D eigenvalue weighted by molar-refractivity contribution is 7.92. The van der Waals surface area contributed by atoms with Gasteiger partial charge in [0.15, 0.2) is 15.0 Å². The zero-order valence-corrected chi connectivity index (χ0v) is 14.7. The Kier molecular flexibility index (Phi) is 4.69. The van der Waals surface area contributed by atoms with Crippen molar-refractivity contribution in [2.45, 2.75) is 31.1 Å². The Morgan fingerprint density at radius 2 is 2.08 bits per heavy atom. The number of aryl methyl sites for hydroxylation is 1. The molecule has 1 aliphatic carbocycles. The molecule has 0 spiro atoms. The van der Waals surface area contributed by atoms with Crippen LogP contribution in [0.25, 0.3) is 0 Å². The lowest BCUT2D eigenvalue weighted by Crippen LogP contribution is -2.23. The maximum Gasteiger partial charge on any atom is 0.241 e. The normalized spacial score (nSPS) is 17.3. The van der Waals surface area contributed by atoms with Crippen LogP contribution in [0.3, 0.4) is 0 Å². The van der Waals surface area contributed by atoms with Crippen molar-refractivity contribution < 1.29 is 17.6 Å². The van der Waals surface area contributed by atoms with Crippen molar-refractivity contribution in [3.8, 4) is 0 Å². The van der Waals surface area contributed by atoms with Crippen LogP contribution in [-0.4, -0.2) is 25.1 Å². The van der Waals surface area contributed by atoms with Gasteiger partial charge in [-0.2, -0.15) is 0 Å². The summed E-state index contributed by atoms with van der Waals surface area (Å²) in [6.07, 6.45) is 2.90. The van der Waals surface area contributed by atoms with Gasteiger partial charge in [0, 0.05) is 4.88 Å². The van der Waals surface area contributed by atoms with Crippen molar-refractivity contribution in [3.63, 3.8) is 0 Å². The summed E-state index contributed by atoms with van der Waals surface area (Å²) in [6, 6.07) is 4.42. The van der Waals surface area contributed by atoms with E-state index >= 15 is 0 Å². The highest BCUT2D eigenvalue weighted by Crippen LogP contribution is 2.32. The molecule has 0 aliphatic heterocycles. The Bertz CT molecular complexity index is 860. The molecule has 0 bridgehead atoms. The maximum absolute atomic E-state index is 12.9. The largest absolute Gasteiger partial charge is 0.301 e. The number of amides is 1. The molecule has 0 fully saturated rings. The van der Waals surface area contributed by atoms with Crippen LogP contribution < -0.4 is 5.32 Å². The Hall–Kier alpha value is -1.80. The third-order valence-electron chi connectivity index (χ3n) is 3.93. The molecule has 128 valence electrons. The van der Waals surface area contributed by atoms with Crippen LogP contribution in [0.1, 0.15) is 23.9 Å². The number of fused-ring (bicyclic) bond motifs is 1. The fourth-order valence-corrected chi connectivity index (χ4v) is 4.97. The molecule has 1 aromatic heterocycles. The van der Waals surface area contributed by atoms with Gasteiger partial charge in [0.2, 0.25) is 5.91 Å². The molecule has 1 aliphatic rings. The fraction of sp³-hybridized carbons (Fsp3) is 0.375. The molecule has 0 unspecified atom stereocenters. The van der Waals surface area contributed by atoms with Gasteiger partial charge in [-0.15, -0.1) is 11.3 Å². The average molecular weight is 368 g/mol. The number of sulfone groups is 1. The Morgan fingerprint density at radius 1 is 1.38 bits per heavy atom. The smallest absolute Gasteiger partial charge is 0.241 e. The van der Waals surface area contributed by atoms with Gasteiger partial charge in [0.25, 0.3) is 0 Å². The number of halogens is 1. The number of rotatable bonds is 4. The van der Waals surface area contributed by atoms with Crippen LogP contribution in [0.4, 0.5) is 9.52 Å². The van der Waals surface area contributed by atoms with Gasteiger partial charge < -0.3 is 5.32 Å². The molecule has 1 amide bonds. The zero-order chi connectivity index (χ0) is 17.3. The second kappa shape index (κ2) is 6.60. The summed E-state index contributed by atoms with van der Waals surface area (Å²) in [5, 5.41) is 3.00. The minimum Gasteiger partial charge on any atom is -0.301 e. The van der Waals surface area contributed by atoms with Crippen molar-refractivity contribution in [3.05, 3.63) is 40.7 Å². The van der Waals surface area contributed by atoms with Crippen LogP contribution >= 0.6 is 11.3 Å². The highest BCUT2D eigenvalue weighted by atomic mass is 32.2. The SMILES string of the molecule is C[C@@H]1CCc2nc(NC(=O)CS(=O)(=O)c3ccc(F)cc3)sc2C1. The summed E-state index contributed by atoms with van der Waals surface area (Å²) in [7, 11) is -3.81.